The van der Waals surface area contributed by atoms with Crippen molar-refractivity contribution in [1.82, 2.24) is 4.72 Å². The summed E-state index contributed by atoms with van der Waals surface area (Å²) in [5.74, 6) is -0.771. The fourth-order valence-electron chi connectivity index (χ4n) is 3.39. The number of carbonyl (C=O) groups is 1. The van der Waals surface area contributed by atoms with Gasteiger partial charge in [-0.25, -0.2) is 18.0 Å². The second-order valence-corrected chi connectivity index (χ2v) is 9.78. The summed E-state index contributed by atoms with van der Waals surface area (Å²) in [6.07, 6.45) is 0. The van der Waals surface area contributed by atoms with Crippen molar-refractivity contribution in [3.05, 3.63) is 105 Å². The van der Waals surface area contributed by atoms with Gasteiger partial charge < -0.3 is 9.15 Å². The second-order valence-electron chi connectivity index (χ2n) is 7.69. The van der Waals surface area contributed by atoms with Gasteiger partial charge in [-0.05, 0) is 49.2 Å². The maximum Gasteiger partial charge on any atom is 0.355 e. The van der Waals surface area contributed by atoms with Crippen LogP contribution in [-0.4, -0.2) is 14.4 Å². The Bertz CT molecular complexity index is 1530. The van der Waals surface area contributed by atoms with Crippen molar-refractivity contribution in [2.24, 2.45) is 0 Å². The SMILES string of the molecule is Cc1ccc(S(=O)(=O)N[C@@H](C(=O)Oc2ccc3c(C)c(Cl)c(=O)oc3c2)c2ccccc2)cc1. The molecule has 1 atom stereocenters. The number of esters is 1. The van der Waals surface area contributed by atoms with Crippen molar-refractivity contribution in [2.75, 3.05) is 0 Å². The lowest BCUT2D eigenvalue weighted by atomic mass is 10.1. The molecule has 174 valence electrons. The lowest BCUT2D eigenvalue weighted by Crippen LogP contribution is -2.36. The van der Waals surface area contributed by atoms with Crippen LogP contribution in [0.15, 0.2) is 86.9 Å². The second kappa shape index (κ2) is 9.42. The number of benzene rings is 3. The van der Waals surface area contributed by atoms with Crippen LogP contribution in [0.25, 0.3) is 11.0 Å². The van der Waals surface area contributed by atoms with Crippen molar-refractivity contribution in [1.29, 1.82) is 0 Å². The van der Waals surface area contributed by atoms with Crippen LogP contribution in [0, 0.1) is 13.8 Å². The van der Waals surface area contributed by atoms with Crippen LogP contribution in [0.3, 0.4) is 0 Å². The number of aryl methyl sites for hydroxylation is 2. The topological polar surface area (TPSA) is 103 Å². The number of halogens is 1. The summed E-state index contributed by atoms with van der Waals surface area (Å²) in [5, 5.41) is 0.566. The summed E-state index contributed by atoms with van der Waals surface area (Å²) >= 11 is 5.95. The summed E-state index contributed by atoms with van der Waals surface area (Å²) in [6.45, 7) is 3.52. The molecule has 9 heteroatoms. The molecule has 1 N–H and O–H groups in total. The van der Waals surface area contributed by atoms with Crippen molar-refractivity contribution in [3.8, 4) is 5.75 Å². The third kappa shape index (κ3) is 4.89. The number of hydrogen-bond donors (Lipinski definition) is 1. The first-order chi connectivity index (χ1) is 16.2. The molecular weight excluding hydrogens is 478 g/mol. The predicted octanol–water partition coefficient (Wildman–Crippen LogP) is 4.69. The van der Waals surface area contributed by atoms with Crippen molar-refractivity contribution < 1.29 is 22.4 Å². The Hall–Kier alpha value is -3.46. The number of nitrogens with one attached hydrogen (secondary N) is 1. The highest BCUT2D eigenvalue weighted by molar-refractivity contribution is 7.89. The van der Waals surface area contributed by atoms with E-state index in [0.29, 0.717) is 16.5 Å². The van der Waals surface area contributed by atoms with E-state index in [4.69, 9.17) is 20.8 Å². The monoisotopic (exact) mass is 497 g/mol. The average Bonchev–Trinajstić information content (AvgIpc) is 2.82. The number of carbonyl (C=O) groups excluding carboxylic acids is 1. The van der Waals surface area contributed by atoms with Crippen LogP contribution in [0.4, 0.5) is 0 Å². The Balaban J connectivity index is 1.67. The molecular formula is C25H20ClNO6S. The van der Waals surface area contributed by atoms with Crippen LogP contribution in [0.5, 0.6) is 5.75 Å². The molecule has 0 spiro atoms. The zero-order valence-corrected chi connectivity index (χ0v) is 19.8. The largest absolute Gasteiger partial charge is 0.425 e. The summed E-state index contributed by atoms with van der Waals surface area (Å²) in [4.78, 5) is 25.1. The minimum atomic E-state index is -4.04. The zero-order valence-electron chi connectivity index (χ0n) is 18.2. The first kappa shape index (κ1) is 23.7. The van der Waals surface area contributed by atoms with E-state index in [2.05, 4.69) is 4.72 Å². The highest BCUT2D eigenvalue weighted by Gasteiger charge is 2.29. The van der Waals surface area contributed by atoms with E-state index in [1.165, 1.54) is 24.3 Å². The number of ether oxygens (including phenoxy) is 1. The van der Waals surface area contributed by atoms with Gasteiger partial charge in [0, 0.05) is 11.5 Å². The fraction of sp³-hybridized carbons (Fsp3) is 0.120. The van der Waals surface area contributed by atoms with E-state index < -0.39 is 27.7 Å². The Kier molecular flexibility index (Phi) is 6.56. The quantitative estimate of drug-likeness (QED) is 0.235. The lowest BCUT2D eigenvalue weighted by Gasteiger charge is -2.18. The maximum atomic E-state index is 13.1. The van der Waals surface area contributed by atoms with Gasteiger partial charge in [-0.15, -0.1) is 0 Å². The zero-order chi connectivity index (χ0) is 24.5. The van der Waals surface area contributed by atoms with Crippen LogP contribution >= 0.6 is 11.6 Å². The maximum absolute atomic E-state index is 13.1. The average molecular weight is 498 g/mol. The summed E-state index contributed by atoms with van der Waals surface area (Å²) < 4.78 is 39.1. The van der Waals surface area contributed by atoms with Gasteiger partial charge in [-0.1, -0.05) is 59.6 Å². The van der Waals surface area contributed by atoms with Crippen LogP contribution < -0.4 is 15.1 Å². The third-order valence-electron chi connectivity index (χ3n) is 5.26. The van der Waals surface area contributed by atoms with E-state index in [1.54, 1.807) is 55.5 Å². The summed E-state index contributed by atoms with van der Waals surface area (Å²) in [6, 6.07) is 17.8. The van der Waals surface area contributed by atoms with Crippen molar-refractivity contribution in [3.63, 3.8) is 0 Å². The molecule has 0 saturated carbocycles. The molecule has 4 rings (SSSR count). The fourth-order valence-corrected chi connectivity index (χ4v) is 4.70. The van der Waals surface area contributed by atoms with E-state index >= 15 is 0 Å². The molecule has 0 saturated heterocycles. The van der Waals surface area contributed by atoms with Crippen molar-refractivity contribution in [2.45, 2.75) is 24.8 Å². The van der Waals surface area contributed by atoms with Gasteiger partial charge >= 0.3 is 11.6 Å². The molecule has 4 aromatic rings. The standard InChI is InChI=1S/C25H20ClNO6S/c1-15-8-11-19(12-9-15)34(30,31)27-23(17-6-4-3-5-7-17)25(29)32-18-10-13-20-16(2)22(26)24(28)33-21(20)14-18/h3-14,23,27H,1-2H3/t23-/m1/s1. The highest BCUT2D eigenvalue weighted by atomic mass is 35.5. The Labute approximate surface area is 201 Å². The number of sulfonamides is 1. The number of fused-ring (bicyclic) bond motifs is 1. The summed E-state index contributed by atoms with van der Waals surface area (Å²) in [7, 11) is -4.04. The Morgan fingerprint density at radius 2 is 1.68 bits per heavy atom. The molecule has 0 aliphatic heterocycles. The number of rotatable bonds is 6. The van der Waals surface area contributed by atoms with E-state index in [-0.39, 0.29) is 21.3 Å². The van der Waals surface area contributed by atoms with Crippen LogP contribution in [-0.2, 0) is 14.8 Å². The minimum Gasteiger partial charge on any atom is -0.425 e. The molecule has 1 heterocycles. The van der Waals surface area contributed by atoms with Gasteiger partial charge in [0.25, 0.3) is 0 Å². The molecule has 3 aromatic carbocycles. The molecule has 0 aliphatic rings. The molecule has 0 aliphatic carbocycles. The first-order valence-electron chi connectivity index (χ1n) is 10.2. The minimum absolute atomic E-state index is 0.0201. The van der Waals surface area contributed by atoms with E-state index in [1.807, 2.05) is 6.92 Å². The molecule has 34 heavy (non-hydrogen) atoms. The number of hydrogen-bond acceptors (Lipinski definition) is 6. The smallest absolute Gasteiger partial charge is 0.355 e. The lowest BCUT2D eigenvalue weighted by molar-refractivity contribution is -0.136. The molecule has 0 radical (unpaired) electrons. The van der Waals surface area contributed by atoms with Crippen LogP contribution in [0.1, 0.15) is 22.7 Å². The van der Waals surface area contributed by atoms with E-state index in [9.17, 15) is 18.0 Å². The first-order valence-corrected chi connectivity index (χ1v) is 12.1. The highest BCUT2D eigenvalue weighted by Crippen LogP contribution is 2.27. The van der Waals surface area contributed by atoms with Gasteiger partial charge in [0.2, 0.25) is 10.0 Å². The van der Waals surface area contributed by atoms with Gasteiger partial charge in [0.15, 0.2) is 0 Å². The van der Waals surface area contributed by atoms with Gasteiger partial charge in [-0.3, -0.25) is 0 Å². The van der Waals surface area contributed by atoms with Gasteiger partial charge in [0.05, 0.1) is 4.90 Å². The molecule has 0 amide bonds. The van der Waals surface area contributed by atoms with Gasteiger partial charge in [0.1, 0.15) is 22.4 Å². The molecule has 0 fully saturated rings. The molecule has 7 nitrogen and oxygen atoms in total. The normalized spacial score (nSPS) is 12.4. The van der Waals surface area contributed by atoms with Crippen LogP contribution in [0.2, 0.25) is 5.02 Å². The Morgan fingerprint density at radius 3 is 2.35 bits per heavy atom. The Morgan fingerprint density at radius 1 is 1.00 bits per heavy atom. The predicted molar refractivity (Wildman–Crippen MR) is 129 cm³/mol. The van der Waals surface area contributed by atoms with Crippen molar-refractivity contribution >= 4 is 38.6 Å². The molecule has 0 bridgehead atoms. The summed E-state index contributed by atoms with van der Waals surface area (Å²) in [5.41, 5.74) is 1.33. The van der Waals surface area contributed by atoms with Gasteiger partial charge in [-0.2, -0.15) is 4.72 Å². The molecule has 1 aromatic heterocycles. The third-order valence-corrected chi connectivity index (χ3v) is 7.14. The van der Waals surface area contributed by atoms with E-state index in [0.717, 1.165) is 5.56 Å². The molecule has 0 unspecified atom stereocenters.